The van der Waals surface area contributed by atoms with E-state index >= 15 is 0 Å². The first-order valence-electron chi connectivity index (χ1n) is 5.51. The van der Waals surface area contributed by atoms with Crippen LogP contribution in [-0.2, 0) is 23.1 Å². The number of benzene rings is 1. The molecule has 20 heavy (non-hydrogen) atoms. The molecule has 108 valence electrons. The Hall–Kier alpha value is -1.48. The second-order valence-corrected chi connectivity index (χ2v) is 6.06. The van der Waals surface area contributed by atoms with E-state index in [0.717, 1.165) is 6.07 Å². The molecule has 0 radical (unpaired) electrons. The lowest BCUT2D eigenvalue weighted by Crippen LogP contribution is -2.24. The van der Waals surface area contributed by atoms with Crippen LogP contribution in [0.25, 0.3) is 0 Å². The van der Waals surface area contributed by atoms with Gasteiger partial charge >= 0.3 is 0 Å². The van der Waals surface area contributed by atoms with Gasteiger partial charge in [-0.25, -0.2) is 17.5 Å². The Bertz CT molecular complexity index is 704. The van der Waals surface area contributed by atoms with E-state index in [2.05, 4.69) is 9.88 Å². The van der Waals surface area contributed by atoms with Crippen LogP contribution < -0.4 is 10.5 Å². The van der Waals surface area contributed by atoms with Crippen LogP contribution in [0.15, 0.2) is 33.8 Å². The van der Waals surface area contributed by atoms with Gasteiger partial charge in [0.25, 0.3) is 0 Å². The highest BCUT2D eigenvalue weighted by Crippen LogP contribution is 2.23. The summed E-state index contributed by atoms with van der Waals surface area (Å²) in [6, 6.07) is 3.80. The molecule has 0 fully saturated rings. The fourth-order valence-corrected chi connectivity index (χ4v) is 2.98. The van der Waals surface area contributed by atoms with Crippen molar-refractivity contribution in [2.75, 3.05) is 0 Å². The van der Waals surface area contributed by atoms with Gasteiger partial charge in [-0.3, -0.25) is 0 Å². The monoisotopic (exact) mass is 319 g/mol. The molecule has 0 amide bonds. The summed E-state index contributed by atoms with van der Waals surface area (Å²) in [7, 11) is -4.07. The quantitative estimate of drug-likeness (QED) is 0.868. The third-order valence-electron chi connectivity index (χ3n) is 2.52. The predicted molar refractivity (Wildman–Crippen MR) is 69.8 cm³/mol. The van der Waals surface area contributed by atoms with E-state index in [4.69, 9.17) is 21.9 Å². The van der Waals surface area contributed by atoms with Gasteiger partial charge in [0.2, 0.25) is 10.0 Å². The minimum atomic E-state index is -4.07. The van der Waals surface area contributed by atoms with Crippen LogP contribution in [0, 0.1) is 5.82 Å². The van der Waals surface area contributed by atoms with Gasteiger partial charge in [0, 0.05) is 23.2 Å². The highest BCUT2D eigenvalue weighted by Gasteiger charge is 2.22. The summed E-state index contributed by atoms with van der Waals surface area (Å²) in [5.41, 5.74) is 5.37. The summed E-state index contributed by atoms with van der Waals surface area (Å²) < 4.78 is 45.1. The lowest BCUT2D eigenvalue weighted by Gasteiger charge is -2.09. The van der Waals surface area contributed by atoms with Crippen molar-refractivity contribution in [1.29, 1.82) is 0 Å². The van der Waals surface area contributed by atoms with Gasteiger partial charge < -0.3 is 10.3 Å². The second-order valence-electron chi connectivity index (χ2n) is 3.88. The molecule has 2 aromatic rings. The zero-order valence-corrected chi connectivity index (χ0v) is 11.7. The fraction of sp³-hybridized carbons (Fsp3) is 0.182. The van der Waals surface area contributed by atoms with Gasteiger partial charge in [-0.15, -0.1) is 0 Å². The molecule has 1 heterocycles. The number of rotatable bonds is 5. The first-order valence-corrected chi connectivity index (χ1v) is 7.37. The maximum atomic E-state index is 14.0. The van der Waals surface area contributed by atoms with E-state index in [1.807, 2.05) is 0 Å². The molecule has 0 spiro atoms. The molecule has 0 saturated carbocycles. The standard InChI is InChI=1S/C11H11ClFN3O3S/c12-8-3-7(5-14)11(13)10(4-8)20(17,18)16-6-9-1-2-15-19-9/h1-4,16H,5-6,14H2. The Kier molecular flexibility index (Phi) is 4.39. The highest BCUT2D eigenvalue weighted by molar-refractivity contribution is 7.89. The third-order valence-corrected chi connectivity index (χ3v) is 4.14. The molecular formula is C11H11ClFN3O3S. The van der Waals surface area contributed by atoms with Crippen molar-refractivity contribution >= 4 is 21.6 Å². The van der Waals surface area contributed by atoms with Gasteiger partial charge in [0.05, 0.1) is 12.7 Å². The number of hydrogen-bond donors (Lipinski definition) is 2. The zero-order valence-electron chi connectivity index (χ0n) is 10.1. The minimum absolute atomic E-state index is 0.0255. The average molecular weight is 320 g/mol. The molecule has 0 unspecified atom stereocenters. The van der Waals surface area contributed by atoms with Crippen LogP contribution in [0.1, 0.15) is 11.3 Å². The van der Waals surface area contributed by atoms with Crippen molar-refractivity contribution in [3.63, 3.8) is 0 Å². The average Bonchev–Trinajstić information content (AvgIpc) is 2.92. The third kappa shape index (κ3) is 3.15. The highest BCUT2D eigenvalue weighted by atomic mass is 35.5. The molecule has 6 nitrogen and oxygen atoms in total. The molecule has 0 atom stereocenters. The van der Waals surface area contributed by atoms with Crippen molar-refractivity contribution < 1.29 is 17.3 Å². The lowest BCUT2D eigenvalue weighted by atomic mass is 10.2. The van der Waals surface area contributed by atoms with Crippen molar-refractivity contribution in [2.24, 2.45) is 5.73 Å². The van der Waals surface area contributed by atoms with E-state index in [-0.39, 0.29) is 23.7 Å². The smallest absolute Gasteiger partial charge is 0.243 e. The second kappa shape index (κ2) is 5.88. The van der Waals surface area contributed by atoms with Gasteiger partial charge in [-0.2, -0.15) is 0 Å². The number of nitrogens with one attached hydrogen (secondary N) is 1. The Labute approximate surface area is 119 Å². The van der Waals surface area contributed by atoms with E-state index in [0.29, 0.717) is 5.76 Å². The molecule has 0 saturated heterocycles. The number of halogens is 2. The van der Waals surface area contributed by atoms with Crippen LogP contribution in [0.5, 0.6) is 0 Å². The van der Waals surface area contributed by atoms with Crippen LogP contribution in [0.3, 0.4) is 0 Å². The summed E-state index contributed by atoms with van der Waals surface area (Å²) in [6.45, 7) is -0.302. The Morgan fingerprint density at radius 3 is 2.80 bits per heavy atom. The molecule has 1 aromatic carbocycles. The maximum absolute atomic E-state index is 14.0. The minimum Gasteiger partial charge on any atom is -0.360 e. The largest absolute Gasteiger partial charge is 0.360 e. The topological polar surface area (TPSA) is 98.2 Å². The normalized spacial score (nSPS) is 11.8. The molecule has 3 N–H and O–H groups in total. The zero-order chi connectivity index (χ0) is 14.8. The van der Waals surface area contributed by atoms with Crippen LogP contribution in [-0.4, -0.2) is 13.6 Å². The summed E-state index contributed by atoms with van der Waals surface area (Å²) in [5, 5.41) is 3.52. The first-order chi connectivity index (χ1) is 9.44. The lowest BCUT2D eigenvalue weighted by molar-refractivity contribution is 0.380. The van der Waals surface area contributed by atoms with Gasteiger partial charge in [-0.1, -0.05) is 16.8 Å². The molecular weight excluding hydrogens is 309 g/mol. The fourth-order valence-electron chi connectivity index (χ4n) is 1.54. The Morgan fingerprint density at radius 2 is 2.20 bits per heavy atom. The predicted octanol–water partition coefficient (Wildman–Crippen LogP) is 1.40. The van der Waals surface area contributed by atoms with E-state index in [1.165, 1.54) is 18.3 Å². The summed E-state index contributed by atoms with van der Waals surface area (Å²) in [5.74, 6) is -0.614. The van der Waals surface area contributed by atoms with Crippen LogP contribution in [0.2, 0.25) is 5.02 Å². The molecule has 2 rings (SSSR count). The van der Waals surface area contributed by atoms with Gasteiger partial charge in [0.1, 0.15) is 10.7 Å². The summed E-state index contributed by atoms with van der Waals surface area (Å²) in [6.07, 6.45) is 1.37. The molecule has 0 bridgehead atoms. The van der Waals surface area contributed by atoms with Crippen molar-refractivity contribution in [1.82, 2.24) is 9.88 Å². The Morgan fingerprint density at radius 1 is 1.45 bits per heavy atom. The summed E-state index contributed by atoms with van der Waals surface area (Å²) in [4.78, 5) is -0.551. The summed E-state index contributed by atoms with van der Waals surface area (Å²) >= 11 is 5.76. The molecule has 9 heteroatoms. The molecule has 0 aliphatic carbocycles. The number of aromatic nitrogens is 1. The Balaban J connectivity index is 2.31. The van der Waals surface area contributed by atoms with Crippen molar-refractivity contribution in [3.8, 4) is 0 Å². The van der Waals surface area contributed by atoms with Crippen molar-refractivity contribution in [3.05, 3.63) is 46.6 Å². The van der Waals surface area contributed by atoms with E-state index in [9.17, 15) is 12.8 Å². The van der Waals surface area contributed by atoms with E-state index < -0.39 is 20.7 Å². The van der Waals surface area contributed by atoms with Crippen LogP contribution >= 0.6 is 11.6 Å². The SMILES string of the molecule is NCc1cc(Cl)cc(S(=O)(=O)NCc2ccno2)c1F. The molecule has 1 aromatic heterocycles. The maximum Gasteiger partial charge on any atom is 0.243 e. The van der Waals surface area contributed by atoms with E-state index in [1.54, 1.807) is 0 Å². The van der Waals surface area contributed by atoms with Crippen molar-refractivity contribution in [2.45, 2.75) is 18.0 Å². The number of hydrogen-bond acceptors (Lipinski definition) is 5. The molecule has 0 aliphatic heterocycles. The number of nitrogens with two attached hydrogens (primary N) is 1. The first kappa shape index (κ1) is 14.9. The molecule has 0 aliphatic rings. The van der Waals surface area contributed by atoms with Crippen LogP contribution in [0.4, 0.5) is 4.39 Å². The number of sulfonamides is 1. The van der Waals surface area contributed by atoms with Gasteiger partial charge in [-0.05, 0) is 12.1 Å². The number of nitrogens with zero attached hydrogens (tertiary/aromatic N) is 1. The van der Waals surface area contributed by atoms with Gasteiger partial charge in [0.15, 0.2) is 5.76 Å².